The van der Waals surface area contributed by atoms with E-state index in [1.807, 2.05) is 13.8 Å². The maximum absolute atomic E-state index is 12.1. The first-order valence-electron chi connectivity index (χ1n) is 15.3. The molecule has 2 aromatic rings. The van der Waals surface area contributed by atoms with Crippen LogP contribution in [0.25, 0.3) is 11.1 Å². The predicted molar refractivity (Wildman–Crippen MR) is 177 cm³/mol. The molecule has 0 fully saturated rings. The number of unbranched alkanes of at least 4 members (excludes halogenated alkanes) is 2. The third-order valence-electron chi connectivity index (χ3n) is 7.86. The van der Waals surface area contributed by atoms with Crippen LogP contribution < -0.4 is 29.6 Å². The summed E-state index contributed by atoms with van der Waals surface area (Å²) in [6.07, 6.45) is 7.61. The Morgan fingerprint density at radius 2 is 1.43 bits per heavy atom. The topological polar surface area (TPSA) is 110 Å². The first-order chi connectivity index (χ1) is 20.5. The van der Waals surface area contributed by atoms with E-state index < -0.39 is 33.7 Å². The van der Waals surface area contributed by atoms with Crippen LogP contribution >= 0.6 is 31.9 Å². The van der Waals surface area contributed by atoms with Crippen LogP contribution in [0.1, 0.15) is 96.6 Å². The van der Waals surface area contributed by atoms with Crippen LogP contribution in [0.5, 0.6) is 0 Å². The zero-order valence-electron chi connectivity index (χ0n) is 26.7. The summed E-state index contributed by atoms with van der Waals surface area (Å²) < 4.78 is 46.9. The summed E-state index contributed by atoms with van der Waals surface area (Å²) in [6.45, 7) is 8.26. The quantitative estimate of drug-likeness (QED) is 0.106. The van der Waals surface area contributed by atoms with Crippen LogP contribution in [0.4, 0.5) is 0 Å². The molecule has 0 saturated carbocycles. The number of esters is 2. The van der Waals surface area contributed by atoms with E-state index in [0.717, 1.165) is 62.3 Å². The number of hydrogen-bond donors (Lipinski definition) is 0. The van der Waals surface area contributed by atoms with E-state index in [1.165, 1.54) is 26.7 Å². The predicted octanol–water partition coefficient (Wildman–Crippen LogP) is 5.60. The number of ether oxygens (including phenoxy) is 2. The van der Waals surface area contributed by atoms with Crippen molar-refractivity contribution in [2.45, 2.75) is 97.2 Å². The summed E-state index contributed by atoms with van der Waals surface area (Å²) >= 11 is 7.19. The van der Waals surface area contributed by atoms with Gasteiger partial charge < -0.3 is 14.0 Å². The van der Waals surface area contributed by atoms with Crippen LogP contribution in [-0.2, 0) is 35.6 Å². The van der Waals surface area contributed by atoms with E-state index in [9.17, 15) is 22.6 Å². The molecule has 0 radical (unpaired) electrons. The Bertz CT molecular complexity index is 1300. The number of carbonyl (C=O) groups excluding carboxylic acids is 2. The zero-order valence-corrected chi connectivity index (χ0v) is 32.7. The number of carbonyl (C=O) groups is 2. The van der Waals surface area contributed by atoms with E-state index in [2.05, 4.69) is 82.1 Å². The molecule has 240 valence electrons. The Hall–Kier alpha value is -0.750. The standard InChI is InChI=1S/C20H38O7S.C13H8Br2.Na/c1-5-9-11-16(7-3)14-26-19(21)13-18(28(23,24)25)20(22)27-15-17(8-4)12-10-6-2;14-12-6-5-10-9-4-2-1-3-8(9)7-11(10)13(12)15;/h16-18H,5-15H2,1-4H3,(H,23,24,25);1-6H,7H2;/q;;+1/p-1. The zero-order chi connectivity index (χ0) is 32.0. The average molecular weight is 769 g/mol. The fourth-order valence-corrected chi connectivity index (χ4v) is 6.46. The molecule has 2 aromatic carbocycles. The fraction of sp³-hybridized carbons (Fsp3) is 0.576. The third kappa shape index (κ3) is 13.2. The molecule has 0 amide bonds. The first-order valence-corrected chi connectivity index (χ1v) is 18.3. The Balaban J connectivity index is 0.000000500. The molecular weight excluding hydrogens is 723 g/mol. The molecule has 3 unspecified atom stereocenters. The van der Waals surface area contributed by atoms with Gasteiger partial charge in [-0.2, -0.15) is 0 Å². The van der Waals surface area contributed by atoms with E-state index in [0.29, 0.717) is 0 Å². The number of halogens is 2. The van der Waals surface area contributed by atoms with Crippen molar-refractivity contribution in [1.82, 2.24) is 0 Å². The van der Waals surface area contributed by atoms with Crippen molar-refractivity contribution in [3.05, 3.63) is 56.5 Å². The largest absolute Gasteiger partial charge is 1.00 e. The number of fused-ring (bicyclic) bond motifs is 3. The molecule has 0 spiro atoms. The van der Waals surface area contributed by atoms with E-state index in [-0.39, 0.29) is 54.6 Å². The third-order valence-corrected chi connectivity index (χ3v) is 11.0. The molecule has 1 aliphatic rings. The number of benzene rings is 2. The monoisotopic (exact) mass is 766 g/mol. The molecule has 44 heavy (non-hydrogen) atoms. The Morgan fingerprint density at radius 1 is 0.864 bits per heavy atom. The van der Waals surface area contributed by atoms with Gasteiger partial charge in [0, 0.05) is 8.95 Å². The van der Waals surface area contributed by atoms with Crippen molar-refractivity contribution in [2.75, 3.05) is 13.2 Å². The van der Waals surface area contributed by atoms with Crippen LogP contribution in [0, 0.1) is 11.8 Å². The van der Waals surface area contributed by atoms with Crippen LogP contribution in [0.3, 0.4) is 0 Å². The molecular formula is C33H45Br2NaO7S. The minimum absolute atomic E-state index is 0. The van der Waals surface area contributed by atoms with Gasteiger partial charge in [0.1, 0.15) is 10.1 Å². The van der Waals surface area contributed by atoms with Crippen molar-refractivity contribution >= 4 is 53.9 Å². The normalized spacial score (nSPS) is 13.7. The summed E-state index contributed by atoms with van der Waals surface area (Å²) in [5.41, 5.74) is 5.55. The van der Waals surface area contributed by atoms with Gasteiger partial charge in [0.25, 0.3) is 0 Å². The molecule has 0 aromatic heterocycles. The van der Waals surface area contributed by atoms with Crippen LogP contribution in [-0.4, -0.2) is 43.4 Å². The second-order valence-electron chi connectivity index (χ2n) is 11.1. The van der Waals surface area contributed by atoms with Gasteiger partial charge >= 0.3 is 41.5 Å². The Morgan fingerprint density at radius 3 is 1.98 bits per heavy atom. The molecule has 0 heterocycles. The van der Waals surface area contributed by atoms with Crippen molar-refractivity contribution in [2.24, 2.45) is 11.8 Å². The molecule has 7 nitrogen and oxygen atoms in total. The molecule has 0 bridgehead atoms. The van der Waals surface area contributed by atoms with Gasteiger partial charge in [-0.05, 0) is 91.3 Å². The first kappa shape index (κ1) is 41.3. The Kier molecular flexibility index (Phi) is 19.9. The van der Waals surface area contributed by atoms with Gasteiger partial charge in [-0.25, -0.2) is 8.42 Å². The molecule has 0 aliphatic heterocycles. The SMILES string of the molecule is Brc1ccc2c(c1Br)Cc1ccccc1-2.CCCCC(CC)COC(=O)CC(C(=O)OCC(CC)CCCC)S(=O)(=O)[O-].[Na+]. The number of rotatable bonds is 16. The maximum Gasteiger partial charge on any atom is 1.00 e. The molecule has 3 rings (SSSR count). The van der Waals surface area contributed by atoms with Crippen molar-refractivity contribution in [3.8, 4) is 11.1 Å². The van der Waals surface area contributed by atoms with Gasteiger partial charge in [-0.1, -0.05) is 96.6 Å². The van der Waals surface area contributed by atoms with E-state index in [1.54, 1.807) is 0 Å². The van der Waals surface area contributed by atoms with Gasteiger partial charge in [0.05, 0.1) is 19.6 Å². The smallest absolute Gasteiger partial charge is 0.747 e. The molecule has 11 heteroatoms. The van der Waals surface area contributed by atoms with Crippen LogP contribution in [0.15, 0.2) is 45.3 Å². The van der Waals surface area contributed by atoms with Crippen LogP contribution in [0.2, 0.25) is 0 Å². The van der Waals surface area contributed by atoms with Gasteiger partial charge in [0.2, 0.25) is 0 Å². The minimum atomic E-state index is -5.01. The molecule has 1 aliphatic carbocycles. The summed E-state index contributed by atoms with van der Waals surface area (Å²) in [5, 5.41) is -2.06. The maximum atomic E-state index is 12.1. The minimum Gasteiger partial charge on any atom is -0.747 e. The summed E-state index contributed by atoms with van der Waals surface area (Å²) in [6, 6.07) is 12.9. The van der Waals surface area contributed by atoms with E-state index >= 15 is 0 Å². The molecule has 0 N–H and O–H groups in total. The molecule has 3 atom stereocenters. The van der Waals surface area contributed by atoms with Crippen molar-refractivity contribution in [1.29, 1.82) is 0 Å². The number of hydrogen-bond acceptors (Lipinski definition) is 7. The summed E-state index contributed by atoms with van der Waals surface area (Å²) in [7, 11) is -5.01. The second kappa shape index (κ2) is 21.2. The Labute approximate surface area is 302 Å². The fourth-order valence-electron chi connectivity index (χ4n) is 4.96. The average Bonchev–Trinajstić information content (AvgIpc) is 3.37. The summed E-state index contributed by atoms with van der Waals surface area (Å²) in [4.78, 5) is 24.1. The van der Waals surface area contributed by atoms with E-state index in [4.69, 9.17) is 9.47 Å². The van der Waals surface area contributed by atoms with Gasteiger partial charge in [0.15, 0.2) is 5.25 Å². The summed E-state index contributed by atoms with van der Waals surface area (Å²) in [5.74, 6) is -1.74. The van der Waals surface area contributed by atoms with Crippen molar-refractivity contribution < 1.29 is 61.6 Å². The second-order valence-corrected chi connectivity index (χ2v) is 14.3. The van der Waals surface area contributed by atoms with Gasteiger partial charge in [-0.15, -0.1) is 0 Å². The van der Waals surface area contributed by atoms with Gasteiger partial charge in [-0.3, -0.25) is 9.59 Å². The van der Waals surface area contributed by atoms with Crippen molar-refractivity contribution in [3.63, 3.8) is 0 Å². The molecule has 0 saturated heterocycles.